The second-order valence-electron chi connectivity index (χ2n) is 9.83. The highest BCUT2D eigenvalue weighted by Crippen LogP contribution is 2.55. The summed E-state index contributed by atoms with van der Waals surface area (Å²) in [5.74, 6) is -1.11. The van der Waals surface area contributed by atoms with Crippen LogP contribution in [0.1, 0.15) is 44.3 Å². The predicted molar refractivity (Wildman–Crippen MR) is 138 cm³/mol. The van der Waals surface area contributed by atoms with E-state index in [4.69, 9.17) is 11.6 Å². The van der Waals surface area contributed by atoms with Gasteiger partial charge in [-0.15, -0.1) is 0 Å². The summed E-state index contributed by atoms with van der Waals surface area (Å²) >= 11 is 6.44. The third kappa shape index (κ3) is 3.05. The van der Waals surface area contributed by atoms with Crippen LogP contribution in [0, 0.1) is 18.7 Å². The largest absolute Gasteiger partial charge is 0.465 e. The van der Waals surface area contributed by atoms with E-state index < -0.39 is 23.7 Å². The second-order valence-corrected chi connectivity index (χ2v) is 10.2. The summed E-state index contributed by atoms with van der Waals surface area (Å²) in [5.41, 5.74) is 2.92. The lowest BCUT2D eigenvalue weighted by atomic mass is 9.95. The Morgan fingerprint density at radius 2 is 1.76 bits per heavy atom. The molecule has 1 N–H and O–H groups in total. The standard InChI is InChI=1S/C28H18ClFN4O4/c1-12-19(9-32-24-17-7-14(17)11-33(25(12)24)28(37)38)18-6-13-8-21(31-10-20(13)22(29)23(18)30)34-26(35)15-4-2-3-5-16(15)27(34)36/h2-6,8-10,14,17H,7,11H2,1H3,(H,37,38). The van der Waals surface area contributed by atoms with E-state index in [0.717, 1.165) is 11.3 Å². The van der Waals surface area contributed by atoms with Crippen molar-refractivity contribution < 1.29 is 23.9 Å². The van der Waals surface area contributed by atoms with Crippen molar-refractivity contribution in [2.75, 3.05) is 16.3 Å². The third-order valence-corrected chi connectivity index (χ3v) is 8.10. The molecule has 1 aliphatic carbocycles. The molecule has 0 saturated heterocycles. The van der Waals surface area contributed by atoms with Gasteiger partial charge in [0.1, 0.15) is 11.6 Å². The number of aromatic nitrogens is 2. The highest BCUT2D eigenvalue weighted by molar-refractivity contribution is 6.37. The molecule has 0 bridgehead atoms. The zero-order valence-electron chi connectivity index (χ0n) is 19.9. The first-order valence-corrected chi connectivity index (χ1v) is 12.4. The Bertz CT molecular complexity index is 1740. The molecule has 0 radical (unpaired) electrons. The molecule has 2 aromatic carbocycles. The van der Waals surface area contributed by atoms with E-state index in [9.17, 15) is 19.5 Å². The molecule has 2 atom stereocenters. The summed E-state index contributed by atoms with van der Waals surface area (Å²) in [7, 11) is 0. The highest BCUT2D eigenvalue weighted by Gasteiger charge is 2.48. The van der Waals surface area contributed by atoms with Gasteiger partial charge in [0.05, 0.1) is 27.5 Å². The van der Waals surface area contributed by atoms with Crippen LogP contribution in [0.2, 0.25) is 5.02 Å². The number of anilines is 2. The molecule has 7 rings (SSSR count). The van der Waals surface area contributed by atoms with E-state index in [1.165, 1.54) is 17.2 Å². The molecule has 0 spiro atoms. The van der Waals surface area contributed by atoms with Crippen LogP contribution < -0.4 is 9.80 Å². The van der Waals surface area contributed by atoms with Gasteiger partial charge in [-0.05, 0) is 54.5 Å². The highest BCUT2D eigenvalue weighted by atomic mass is 35.5. The molecule has 4 aromatic rings. The Morgan fingerprint density at radius 3 is 2.45 bits per heavy atom. The smallest absolute Gasteiger partial charge is 0.411 e. The summed E-state index contributed by atoms with van der Waals surface area (Å²) in [5, 5.41) is 10.4. The van der Waals surface area contributed by atoms with Crippen LogP contribution in [0.25, 0.3) is 21.9 Å². The Morgan fingerprint density at radius 1 is 1.05 bits per heavy atom. The van der Waals surface area contributed by atoms with Crippen molar-refractivity contribution in [3.05, 3.63) is 82.0 Å². The second kappa shape index (κ2) is 7.82. The van der Waals surface area contributed by atoms with Crippen molar-refractivity contribution in [1.29, 1.82) is 0 Å². The zero-order valence-corrected chi connectivity index (χ0v) is 20.7. The number of amides is 3. The van der Waals surface area contributed by atoms with Crippen molar-refractivity contribution in [2.24, 2.45) is 5.92 Å². The maximum Gasteiger partial charge on any atom is 0.411 e. The third-order valence-electron chi connectivity index (χ3n) is 7.73. The number of imide groups is 1. The van der Waals surface area contributed by atoms with Gasteiger partial charge in [0.2, 0.25) is 0 Å². The van der Waals surface area contributed by atoms with E-state index >= 15 is 4.39 Å². The van der Waals surface area contributed by atoms with Crippen LogP contribution >= 0.6 is 11.6 Å². The minimum atomic E-state index is -1.08. The van der Waals surface area contributed by atoms with Gasteiger partial charge in [-0.1, -0.05) is 23.7 Å². The summed E-state index contributed by atoms with van der Waals surface area (Å²) < 4.78 is 15.6. The fourth-order valence-corrected chi connectivity index (χ4v) is 5.97. The van der Waals surface area contributed by atoms with E-state index in [1.54, 1.807) is 43.5 Å². The molecule has 2 aromatic heterocycles. The Balaban J connectivity index is 1.38. The Kier molecular flexibility index (Phi) is 4.69. The number of pyridine rings is 2. The van der Waals surface area contributed by atoms with Crippen molar-refractivity contribution >= 4 is 51.8 Å². The minimum Gasteiger partial charge on any atom is -0.465 e. The molecule has 1 fully saturated rings. The van der Waals surface area contributed by atoms with E-state index in [0.29, 0.717) is 39.8 Å². The molecule has 38 heavy (non-hydrogen) atoms. The SMILES string of the molecule is Cc1c(-c2cc3cc(N4C(=O)c5ccccc5C4=O)ncc3c(Cl)c2F)cnc2c1N(C(=O)O)CC1CC21. The average Bonchev–Trinajstić information content (AvgIpc) is 3.66. The summed E-state index contributed by atoms with van der Waals surface area (Å²) in [6.07, 6.45) is 2.70. The Hall–Kier alpha value is -4.37. The molecule has 1 saturated carbocycles. The fraction of sp³-hybridized carbons (Fsp3) is 0.179. The maximum absolute atomic E-state index is 15.6. The lowest BCUT2D eigenvalue weighted by Crippen LogP contribution is -2.35. The van der Waals surface area contributed by atoms with Gasteiger partial charge in [0.15, 0.2) is 0 Å². The van der Waals surface area contributed by atoms with Crippen LogP contribution in [0.5, 0.6) is 0 Å². The average molecular weight is 529 g/mol. The number of fused-ring (bicyclic) bond motifs is 5. The molecule has 2 unspecified atom stereocenters. The Labute approximate surface area is 220 Å². The van der Waals surface area contributed by atoms with E-state index in [2.05, 4.69) is 9.97 Å². The topological polar surface area (TPSA) is 104 Å². The normalized spacial score (nSPS) is 19.4. The summed E-state index contributed by atoms with van der Waals surface area (Å²) in [4.78, 5) is 49.0. The van der Waals surface area contributed by atoms with Crippen LogP contribution in [-0.4, -0.2) is 39.5 Å². The number of carboxylic acid groups (broad SMARTS) is 1. The fourth-order valence-electron chi connectivity index (χ4n) is 5.71. The van der Waals surface area contributed by atoms with Crippen LogP contribution in [0.4, 0.5) is 20.7 Å². The zero-order chi connectivity index (χ0) is 26.5. The number of hydrogen-bond acceptors (Lipinski definition) is 5. The quantitative estimate of drug-likeness (QED) is 0.330. The number of nitrogens with zero attached hydrogens (tertiary/aromatic N) is 4. The van der Waals surface area contributed by atoms with Crippen molar-refractivity contribution in [3.63, 3.8) is 0 Å². The van der Waals surface area contributed by atoms with Crippen molar-refractivity contribution in [3.8, 4) is 11.1 Å². The monoisotopic (exact) mass is 528 g/mol. The molecular formula is C28H18ClFN4O4. The van der Waals surface area contributed by atoms with Gasteiger partial charge >= 0.3 is 6.09 Å². The molecule has 4 heterocycles. The molecule has 8 nitrogen and oxygen atoms in total. The van der Waals surface area contributed by atoms with Crippen molar-refractivity contribution in [1.82, 2.24) is 9.97 Å². The minimum absolute atomic E-state index is 0.0921. The number of carbonyl (C=O) groups is 3. The van der Waals surface area contributed by atoms with Gasteiger partial charge in [-0.25, -0.2) is 19.1 Å². The lowest BCUT2D eigenvalue weighted by molar-refractivity contribution is 0.0925. The molecule has 188 valence electrons. The molecule has 3 aliphatic rings. The number of carbonyl (C=O) groups excluding carboxylic acids is 2. The number of halogens is 2. The number of hydrogen-bond donors (Lipinski definition) is 1. The van der Waals surface area contributed by atoms with E-state index in [-0.39, 0.29) is 39.4 Å². The molecular weight excluding hydrogens is 511 g/mol. The molecule has 3 amide bonds. The number of rotatable bonds is 2. The predicted octanol–water partition coefficient (Wildman–Crippen LogP) is 5.80. The van der Waals surface area contributed by atoms with Crippen molar-refractivity contribution in [2.45, 2.75) is 19.3 Å². The van der Waals surface area contributed by atoms with Gasteiger partial charge in [0.25, 0.3) is 11.8 Å². The van der Waals surface area contributed by atoms with E-state index in [1.807, 2.05) is 0 Å². The van der Waals surface area contributed by atoms with Gasteiger partial charge < -0.3 is 5.11 Å². The lowest BCUT2D eigenvalue weighted by Gasteiger charge is -2.28. The van der Waals surface area contributed by atoms with Crippen LogP contribution in [0.3, 0.4) is 0 Å². The number of benzene rings is 2. The summed E-state index contributed by atoms with van der Waals surface area (Å²) in [6, 6.07) is 9.60. The van der Waals surface area contributed by atoms with Crippen LogP contribution in [0.15, 0.2) is 48.8 Å². The maximum atomic E-state index is 15.6. The molecule has 2 aliphatic heterocycles. The van der Waals surface area contributed by atoms with Crippen LogP contribution in [-0.2, 0) is 0 Å². The summed E-state index contributed by atoms with van der Waals surface area (Å²) in [6.45, 7) is 2.14. The first-order valence-electron chi connectivity index (χ1n) is 12.0. The first-order chi connectivity index (χ1) is 18.3. The first kappa shape index (κ1) is 22.8. The van der Waals surface area contributed by atoms with Gasteiger partial charge in [0, 0.05) is 41.4 Å². The molecule has 10 heteroatoms. The van der Waals surface area contributed by atoms with Gasteiger partial charge in [-0.2, -0.15) is 0 Å². The van der Waals surface area contributed by atoms with Gasteiger partial charge in [-0.3, -0.25) is 19.5 Å².